The lowest BCUT2D eigenvalue weighted by Gasteiger charge is -2.24. The number of imidazole rings is 1. The molecule has 94 valence electrons. The third kappa shape index (κ3) is 2.00. The molecule has 3 rings (SSSR count). The minimum atomic E-state index is 0.0819. The van der Waals surface area contributed by atoms with Crippen LogP contribution in [0.3, 0.4) is 0 Å². The molecule has 0 spiro atoms. The second-order valence-corrected chi connectivity index (χ2v) is 5.02. The standard InChI is InChI=1S/C13H20N2O2/c16-9-11-12-3-1-2-6-15(12)13(14-11)10-4-7-17-8-5-10/h10,16H,1-9H2. The minimum Gasteiger partial charge on any atom is -0.390 e. The Hall–Kier alpha value is -0.870. The number of hydrogen-bond donors (Lipinski definition) is 1. The molecule has 1 saturated heterocycles. The van der Waals surface area contributed by atoms with E-state index in [-0.39, 0.29) is 6.61 Å². The molecule has 0 unspecified atom stereocenters. The van der Waals surface area contributed by atoms with Gasteiger partial charge >= 0.3 is 0 Å². The van der Waals surface area contributed by atoms with Crippen molar-refractivity contribution in [1.82, 2.24) is 9.55 Å². The first-order valence-corrected chi connectivity index (χ1v) is 6.67. The van der Waals surface area contributed by atoms with Gasteiger partial charge in [-0.2, -0.15) is 0 Å². The Morgan fingerprint density at radius 2 is 2.12 bits per heavy atom. The summed E-state index contributed by atoms with van der Waals surface area (Å²) in [5.41, 5.74) is 2.19. The van der Waals surface area contributed by atoms with E-state index in [2.05, 4.69) is 4.57 Å². The maximum absolute atomic E-state index is 9.40. The molecule has 3 heterocycles. The zero-order chi connectivity index (χ0) is 11.7. The van der Waals surface area contributed by atoms with Gasteiger partial charge in [0.2, 0.25) is 0 Å². The van der Waals surface area contributed by atoms with E-state index in [1.165, 1.54) is 24.4 Å². The molecule has 4 heteroatoms. The molecule has 17 heavy (non-hydrogen) atoms. The van der Waals surface area contributed by atoms with Gasteiger partial charge in [0.25, 0.3) is 0 Å². The third-order valence-electron chi connectivity index (χ3n) is 3.97. The summed E-state index contributed by atoms with van der Waals surface area (Å²) >= 11 is 0. The van der Waals surface area contributed by atoms with Crippen LogP contribution in [-0.2, 0) is 24.3 Å². The lowest BCUT2D eigenvalue weighted by molar-refractivity contribution is 0.0826. The topological polar surface area (TPSA) is 47.3 Å². The zero-order valence-corrected chi connectivity index (χ0v) is 10.2. The Morgan fingerprint density at radius 1 is 1.29 bits per heavy atom. The van der Waals surface area contributed by atoms with E-state index in [1.54, 1.807) is 0 Å². The molecule has 2 aliphatic rings. The quantitative estimate of drug-likeness (QED) is 0.848. The van der Waals surface area contributed by atoms with Crippen molar-refractivity contribution in [2.45, 2.75) is 51.2 Å². The zero-order valence-electron chi connectivity index (χ0n) is 10.2. The van der Waals surface area contributed by atoms with Crippen LogP contribution in [0.5, 0.6) is 0 Å². The summed E-state index contributed by atoms with van der Waals surface area (Å²) in [5.74, 6) is 1.73. The lowest BCUT2D eigenvalue weighted by atomic mass is 9.99. The highest BCUT2D eigenvalue weighted by Crippen LogP contribution is 2.30. The van der Waals surface area contributed by atoms with Crippen molar-refractivity contribution in [3.63, 3.8) is 0 Å². The van der Waals surface area contributed by atoms with E-state index in [9.17, 15) is 5.11 Å². The van der Waals surface area contributed by atoms with Crippen molar-refractivity contribution in [2.24, 2.45) is 0 Å². The number of fused-ring (bicyclic) bond motifs is 1. The molecule has 0 aliphatic carbocycles. The number of aromatic nitrogens is 2. The summed E-state index contributed by atoms with van der Waals surface area (Å²) in [5, 5.41) is 9.40. The molecule has 1 aromatic heterocycles. The van der Waals surface area contributed by atoms with E-state index in [0.29, 0.717) is 5.92 Å². The Labute approximate surface area is 102 Å². The summed E-state index contributed by atoms with van der Waals surface area (Å²) in [7, 11) is 0. The molecule has 1 N–H and O–H groups in total. The van der Waals surface area contributed by atoms with Crippen LogP contribution in [0.2, 0.25) is 0 Å². The van der Waals surface area contributed by atoms with E-state index in [4.69, 9.17) is 9.72 Å². The normalized spacial score (nSPS) is 21.5. The van der Waals surface area contributed by atoms with Crippen LogP contribution in [0.25, 0.3) is 0 Å². The third-order valence-corrected chi connectivity index (χ3v) is 3.97. The molecule has 0 radical (unpaired) electrons. The van der Waals surface area contributed by atoms with Crippen molar-refractivity contribution in [3.8, 4) is 0 Å². The number of ether oxygens (including phenoxy) is 1. The van der Waals surface area contributed by atoms with Gasteiger partial charge in [-0.05, 0) is 32.1 Å². The molecule has 0 bridgehead atoms. The maximum atomic E-state index is 9.40. The highest BCUT2D eigenvalue weighted by atomic mass is 16.5. The molecule has 1 aromatic rings. The van der Waals surface area contributed by atoms with Gasteiger partial charge in [0.15, 0.2) is 0 Å². The summed E-state index contributed by atoms with van der Waals surface area (Å²) in [6.07, 6.45) is 5.69. The van der Waals surface area contributed by atoms with E-state index in [0.717, 1.165) is 44.7 Å². The van der Waals surface area contributed by atoms with Crippen molar-refractivity contribution in [1.29, 1.82) is 0 Å². The van der Waals surface area contributed by atoms with Crippen LogP contribution in [-0.4, -0.2) is 27.9 Å². The Balaban J connectivity index is 1.95. The highest BCUT2D eigenvalue weighted by molar-refractivity contribution is 5.21. The van der Waals surface area contributed by atoms with Crippen LogP contribution in [0.4, 0.5) is 0 Å². The van der Waals surface area contributed by atoms with Crippen molar-refractivity contribution in [2.75, 3.05) is 13.2 Å². The maximum Gasteiger partial charge on any atom is 0.112 e. The van der Waals surface area contributed by atoms with Crippen molar-refractivity contribution in [3.05, 3.63) is 17.2 Å². The van der Waals surface area contributed by atoms with Crippen LogP contribution in [0.15, 0.2) is 0 Å². The van der Waals surface area contributed by atoms with Crippen molar-refractivity contribution < 1.29 is 9.84 Å². The second kappa shape index (κ2) is 4.78. The van der Waals surface area contributed by atoms with E-state index >= 15 is 0 Å². The average molecular weight is 236 g/mol. The predicted molar refractivity (Wildman–Crippen MR) is 63.9 cm³/mol. The molecule has 4 nitrogen and oxygen atoms in total. The Bertz CT molecular complexity index is 394. The molecular formula is C13H20N2O2. The lowest BCUT2D eigenvalue weighted by Crippen LogP contribution is -2.20. The molecule has 0 saturated carbocycles. The van der Waals surface area contributed by atoms with Gasteiger partial charge in [0, 0.05) is 31.4 Å². The minimum absolute atomic E-state index is 0.0819. The summed E-state index contributed by atoms with van der Waals surface area (Å²) in [6, 6.07) is 0. The number of aliphatic hydroxyl groups excluding tert-OH is 1. The molecule has 2 aliphatic heterocycles. The molecule has 0 atom stereocenters. The molecule has 0 amide bonds. The fourth-order valence-electron chi connectivity index (χ4n) is 3.04. The smallest absolute Gasteiger partial charge is 0.112 e. The number of hydrogen-bond acceptors (Lipinski definition) is 3. The first kappa shape index (κ1) is 11.2. The van der Waals surface area contributed by atoms with E-state index < -0.39 is 0 Å². The van der Waals surface area contributed by atoms with Gasteiger partial charge in [-0.1, -0.05) is 0 Å². The molecule has 0 aromatic carbocycles. The predicted octanol–water partition coefficient (Wildman–Crippen LogP) is 1.61. The van der Waals surface area contributed by atoms with Gasteiger partial charge in [0.05, 0.1) is 12.3 Å². The van der Waals surface area contributed by atoms with Gasteiger partial charge in [-0.25, -0.2) is 4.98 Å². The Kier molecular flexibility index (Phi) is 3.16. The fourth-order valence-corrected chi connectivity index (χ4v) is 3.04. The fraction of sp³-hybridized carbons (Fsp3) is 0.769. The van der Waals surface area contributed by atoms with Crippen LogP contribution in [0, 0.1) is 0 Å². The van der Waals surface area contributed by atoms with Crippen LogP contribution in [0.1, 0.15) is 48.8 Å². The Morgan fingerprint density at radius 3 is 2.88 bits per heavy atom. The van der Waals surface area contributed by atoms with E-state index in [1.807, 2.05) is 0 Å². The van der Waals surface area contributed by atoms with Gasteiger partial charge in [-0.15, -0.1) is 0 Å². The van der Waals surface area contributed by atoms with Gasteiger partial charge < -0.3 is 14.4 Å². The molecular weight excluding hydrogens is 216 g/mol. The summed E-state index contributed by atoms with van der Waals surface area (Å²) in [6.45, 7) is 2.86. The summed E-state index contributed by atoms with van der Waals surface area (Å²) in [4.78, 5) is 4.69. The molecule has 1 fully saturated rings. The monoisotopic (exact) mass is 236 g/mol. The number of rotatable bonds is 2. The second-order valence-electron chi connectivity index (χ2n) is 5.02. The van der Waals surface area contributed by atoms with Crippen molar-refractivity contribution >= 4 is 0 Å². The SMILES string of the molecule is OCc1nc(C2CCOCC2)n2c1CCCC2. The average Bonchev–Trinajstić information content (AvgIpc) is 2.78. The largest absolute Gasteiger partial charge is 0.390 e. The number of aliphatic hydroxyl groups is 1. The summed E-state index contributed by atoms with van der Waals surface area (Å²) < 4.78 is 7.78. The highest BCUT2D eigenvalue weighted by Gasteiger charge is 2.26. The first-order chi connectivity index (χ1) is 8.40. The van der Waals surface area contributed by atoms with Gasteiger partial charge in [-0.3, -0.25) is 0 Å². The van der Waals surface area contributed by atoms with Crippen LogP contribution < -0.4 is 0 Å². The number of nitrogens with zero attached hydrogens (tertiary/aromatic N) is 2. The first-order valence-electron chi connectivity index (χ1n) is 6.67. The van der Waals surface area contributed by atoms with Gasteiger partial charge in [0.1, 0.15) is 5.82 Å². The van der Waals surface area contributed by atoms with Crippen LogP contribution >= 0.6 is 0 Å².